The zero-order chi connectivity index (χ0) is 19.4. The lowest BCUT2D eigenvalue weighted by molar-refractivity contribution is 0.0931. The van der Waals surface area contributed by atoms with Gasteiger partial charge in [0.2, 0.25) is 0 Å². The molecular formula is C22H28N4O. The summed E-state index contributed by atoms with van der Waals surface area (Å²) >= 11 is 0. The first kappa shape index (κ1) is 19.1. The summed E-state index contributed by atoms with van der Waals surface area (Å²) in [6.07, 6.45) is 1.83. The van der Waals surface area contributed by atoms with Crippen LogP contribution in [0.1, 0.15) is 56.5 Å². The van der Waals surface area contributed by atoms with Gasteiger partial charge in [0.05, 0.1) is 11.2 Å². The van der Waals surface area contributed by atoms with Gasteiger partial charge in [-0.15, -0.1) is 5.11 Å². The first-order valence-electron chi connectivity index (χ1n) is 9.60. The van der Waals surface area contributed by atoms with Crippen LogP contribution in [0.5, 0.6) is 0 Å². The lowest BCUT2D eigenvalue weighted by Crippen LogP contribution is -2.35. The van der Waals surface area contributed by atoms with Crippen molar-refractivity contribution in [3.8, 4) is 0 Å². The van der Waals surface area contributed by atoms with Crippen molar-refractivity contribution in [1.29, 1.82) is 0 Å². The van der Waals surface area contributed by atoms with E-state index in [1.54, 1.807) is 0 Å². The summed E-state index contributed by atoms with van der Waals surface area (Å²) in [5.41, 5.74) is 2.18. The maximum Gasteiger partial charge on any atom is 0.251 e. The zero-order valence-corrected chi connectivity index (χ0v) is 16.5. The quantitative estimate of drug-likeness (QED) is 0.541. The predicted octanol–water partition coefficient (Wildman–Crippen LogP) is 5.22. The molecule has 2 aromatic rings. The third kappa shape index (κ3) is 4.35. The minimum Gasteiger partial charge on any atom is -0.342 e. The van der Waals surface area contributed by atoms with Gasteiger partial charge in [-0.25, -0.2) is 0 Å². The van der Waals surface area contributed by atoms with E-state index in [4.69, 9.17) is 0 Å². The molecule has 5 heteroatoms. The first-order chi connectivity index (χ1) is 12.9. The summed E-state index contributed by atoms with van der Waals surface area (Å²) in [5.74, 6) is -0.0502. The van der Waals surface area contributed by atoms with Crippen molar-refractivity contribution < 1.29 is 4.79 Å². The Morgan fingerprint density at radius 1 is 0.963 bits per heavy atom. The smallest absolute Gasteiger partial charge is 0.251 e. The molecule has 0 bridgehead atoms. The van der Waals surface area contributed by atoms with Gasteiger partial charge in [0.1, 0.15) is 0 Å². The fraction of sp³-hybridized carbons (Fsp3) is 0.409. The zero-order valence-electron chi connectivity index (χ0n) is 16.5. The number of hydrogen-bond acceptors (Lipinski definition) is 3. The monoisotopic (exact) mass is 364 g/mol. The van der Waals surface area contributed by atoms with E-state index in [0.29, 0.717) is 5.56 Å². The second-order valence-electron chi connectivity index (χ2n) is 7.68. The SMILES string of the molecule is CC(C)N(N=Nc1ccccc1C1(NC(=O)c2ccccc2)CC1)C(C)C. The minimum atomic E-state index is -0.344. The maximum absolute atomic E-state index is 12.7. The van der Waals surface area contributed by atoms with Crippen LogP contribution in [0.2, 0.25) is 0 Å². The van der Waals surface area contributed by atoms with Gasteiger partial charge in [-0.1, -0.05) is 41.6 Å². The molecule has 5 nitrogen and oxygen atoms in total. The van der Waals surface area contributed by atoms with Gasteiger partial charge in [0, 0.05) is 23.2 Å². The number of benzene rings is 2. The van der Waals surface area contributed by atoms with Gasteiger partial charge in [0.15, 0.2) is 0 Å². The lowest BCUT2D eigenvalue weighted by atomic mass is 10.0. The van der Waals surface area contributed by atoms with E-state index in [1.807, 2.05) is 59.6 Å². The first-order valence-corrected chi connectivity index (χ1v) is 9.60. The molecule has 0 aliphatic heterocycles. The Balaban J connectivity index is 1.84. The van der Waals surface area contributed by atoms with Crippen LogP contribution in [-0.4, -0.2) is 23.0 Å². The average Bonchev–Trinajstić information content (AvgIpc) is 3.43. The van der Waals surface area contributed by atoms with Crippen molar-refractivity contribution in [3.63, 3.8) is 0 Å². The molecule has 0 aromatic heterocycles. The van der Waals surface area contributed by atoms with Gasteiger partial charge in [-0.2, -0.15) is 0 Å². The van der Waals surface area contributed by atoms with Crippen LogP contribution in [0, 0.1) is 0 Å². The van der Waals surface area contributed by atoms with Crippen molar-refractivity contribution in [1.82, 2.24) is 10.3 Å². The summed E-state index contributed by atoms with van der Waals surface area (Å²) in [6, 6.07) is 17.8. The maximum atomic E-state index is 12.7. The van der Waals surface area contributed by atoms with Crippen LogP contribution >= 0.6 is 0 Å². The minimum absolute atomic E-state index is 0.0502. The third-order valence-electron chi connectivity index (χ3n) is 4.87. The fourth-order valence-corrected chi connectivity index (χ4v) is 3.33. The number of carbonyl (C=O) groups is 1. The number of carbonyl (C=O) groups excluding carboxylic acids is 1. The standard InChI is InChI=1S/C22H28N4O/c1-16(2)26(17(3)4)25-24-20-13-9-8-12-19(20)22(14-15-22)23-21(27)18-10-6-5-7-11-18/h5-13,16-17H,14-15H2,1-4H3,(H,23,27). The third-order valence-corrected chi connectivity index (χ3v) is 4.87. The van der Waals surface area contributed by atoms with Crippen LogP contribution in [0.15, 0.2) is 64.9 Å². The van der Waals surface area contributed by atoms with Gasteiger partial charge in [0.25, 0.3) is 5.91 Å². The van der Waals surface area contributed by atoms with Crippen molar-refractivity contribution >= 4 is 11.6 Å². The molecule has 1 aliphatic carbocycles. The lowest BCUT2D eigenvalue weighted by Gasteiger charge is -2.26. The molecule has 0 spiro atoms. The largest absolute Gasteiger partial charge is 0.342 e. The highest BCUT2D eigenvalue weighted by molar-refractivity contribution is 5.95. The van der Waals surface area contributed by atoms with E-state index in [0.717, 1.165) is 24.1 Å². The molecule has 1 N–H and O–H groups in total. The summed E-state index contributed by atoms with van der Waals surface area (Å²) < 4.78 is 0. The number of nitrogens with one attached hydrogen (secondary N) is 1. The Morgan fingerprint density at radius 3 is 2.15 bits per heavy atom. The molecule has 1 amide bonds. The highest BCUT2D eigenvalue weighted by atomic mass is 16.1. The Labute approximate surface area is 161 Å². The second-order valence-corrected chi connectivity index (χ2v) is 7.68. The molecule has 27 heavy (non-hydrogen) atoms. The fourth-order valence-electron chi connectivity index (χ4n) is 3.33. The molecule has 3 rings (SSSR count). The Hall–Kier alpha value is -2.69. The van der Waals surface area contributed by atoms with E-state index < -0.39 is 0 Å². The molecule has 0 atom stereocenters. The molecule has 0 saturated heterocycles. The van der Waals surface area contributed by atoms with Gasteiger partial charge in [-0.3, -0.25) is 9.80 Å². The molecule has 2 aromatic carbocycles. The van der Waals surface area contributed by atoms with Crippen LogP contribution in [0.25, 0.3) is 0 Å². The average molecular weight is 364 g/mol. The van der Waals surface area contributed by atoms with E-state index in [1.165, 1.54) is 0 Å². The molecule has 1 aliphatic rings. The number of rotatable bonds is 7. The highest BCUT2D eigenvalue weighted by Crippen LogP contribution is 2.49. The number of nitrogens with zero attached hydrogens (tertiary/aromatic N) is 3. The van der Waals surface area contributed by atoms with E-state index >= 15 is 0 Å². The predicted molar refractivity (Wildman–Crippen MR) is 108 cm³/mol. The van der Waals surface area contributed by atoms with E-state index in [-0.39, 0.29) is 23.5 Å². The van der Waals surface area contributed by atoms with Crippen molar-refractivity contribution in [2.45, 2.75) is 58.2 Å². The van der Waals surface area contributed by atoms with E-state index in [9.17, 15) is 4.79 Å². The normalized spacial score (nSPS) is 15.3. The molecular weight excluding hydrogens is 336 g/mol. The second kappa shape index (κ2) is 7.91. The molecule has 0 heterocycles. The Bertz CT molecular complexity index is 802. The van der Waals surface area contributed by atoms with Crippen LogP contribution < -0.4 is 5.32 Å². The highest BCUT2D eigenvalue weighted by Gasteiger charge is 2.47. The van der Waals surface area contributed by atoms with Crippen LogP contribution in [0.3, 0.4) is 0 Å². The van der Waals surface area contributed by atoms with Gasteiger partial charge < -0.3 is 5.32 Å². The topological polar surface area (TPSA) is 57.1 Å². The van der Waals surface area contributed by atoms with Crippen molar-refractivity contribution in [3.05, 3.63) is 65.7 Å². The molecule has 0 unspecified atom stereocenters. The summed E-state index contributed by atoms with van der Waals surface area (Å²) in [4.78, 5) is 12.7. The van der Waals surface area contributed by atoms with E-state index in [2.05, 4.69) is 43.3 Å². The summed E-state index contributed by atoms with van der Waals surface area (Å²) in [5, 5.41) is 14.2. The van der Waals surface area contributed by atoms with Crippen molar-refractivity contribution in [2.24, 2.45) is 10.3 Å². The van der Waals surface area contributed by atoms with Gasteiger partial charge >= 0.3 is 0 Å². The molecule has 0 radical (unpaired) electrons. The van der Waals surface area contributed by atoms with Crippen LogP contribution in [-0.2, 0) is 5.54 Å². The number of hydrogen-bond donors (Lipinski definition) is 1. The summed E-state index contributed by atoms with van der Waals surface area (Å²) in [6.45, 7) is 8.42. The molecule has 142 valence electrons. The van der Waals surface area contributed by atoms with Gasteiger partial charge in [-0.05, 0) is 58.7 Å². The van der Waals surface area contributed by atoms with Crippen LogP contribution in [0.4, 0.5) is 5.69 Å². The molecule has 1 saturated carbocycles. The Morgan fingerprint density at radius 2 is 1.56 bits per heavy atom. The Kier molecular flexibility index (Phi) is 5.59. The molecule has 1 fully saturated rings. The van der Waals surface area contributed by atoms with Crippen molar-refractivity contribution in [2.75, 3.05) is 0 Å². The number of amides is 1. The summed E-state index contributed by atoms with van der Waals surface area (Å²) in [7, 11) is 0.